The minimum atomic E-state index is -0.423. The van der Waals surface area contributed by atoms with Gasteiger partial charge in [-0.05, 0) is 70.0 Å². The molecule has 0 saturated heterocycles. The molecule has 0 fully saturated rings. The summed E-state index contributed by atoms with van der Waals surface area (Å²) >= 11 is 3.25. The Labute approximate surface area is 191 Å². The molecular formula is C24H17BrFN3O3. The first-order valence-electron chi connectivity index (χ1n) is 9.52. The lowest BCUT2D eigenvalue weighted by Gasteiger charge is -2.09. The highest BCUT2D eigenvalue weighted by atomic mass is 79.9. The van der Waals surface area contributed by atoms with Crippen LogP contribution in [0.1, 0.15) is 15.9 Å². The molecule has 1 amide bonds. The van der Waals surface area contributed by atoms with E-state index < -0.39 is 5.91 Å². The maximum absolute atomic E-state index is 13.3. The Bertz CT molecular complexity index is 1340. The number of benzene rings is 3. The second-order valence-electron chi connectivity index (χ2n) is 6.83. The van der Waals surface area contributed by atoms with Crippen LogP contribution in [0.3, 0.4) is 0 Å². The van der Waals surface area contributed by atoms with Crippen molar-refractivity contribution in [3.8, 4) is 22.8 Å². The summed E-state index contributed by atoms with van der Waals surface area (Å²) in [5.41, 5.74) is 5.39. The van der Waals surface area contributed by atoms with Gasteiger partial charge >= 0.3 is 0 Å². The Morgan fingerprint density at radius 3 is 2.66 bits per heavy atom. The van der Waals surface area contributed by atoms with Crippen molar-refractivity contribution >= 4 is 39.0 Å². The summed E-state index contributed by atoms with van der Waals surface area (Å²) in [5.74, 6) is -0.520. The molecule has 0 aliphatic carbocycles. The Balaban J connectivity index is 1.65. The molecule has 160 valence electrons. The van der Waals surface area contributed by atoms with E-state index >= 15 is 0 Å². The number of para-hydroxylation sites is 1. The maximum Gasteiger partial charge on any atom is 0.272 e. The highest BCUT2D eigenvalue weighted by Crippen LogP contribution is 2.34. The summed E-state index contributed by atoms with van der Waals surface area (Å²) in [7, 11) is 1.44. The van der Waals surface area contributed by atoms with Gasteiger partial charge < -0.3 is 9.84 Å². The van der Waals surface area contributed by atoms with Crippen LogP contribution in [0.2, 0.25) is 0 Å². The number of fused-ring (bicyclic) bond motifs is 1. The van der Waals surface area contributed by atoms with Gasteiger partial charge in [0.25, 0.3) is 5.91 Å². The molecule has 1 heterocycles. The van der Waals surface area contributed by atoms with Crippen LogP contribution in [0, 0.1) is 5.82 Å². The molecule has 0 unspecified atom stereocenters. The molecule has 4 rings (SSSR count). The fraction of sp³-hybridized carbons (Fsp3) is 0.0417. The first kappa shape index (κ1) is 21.5. The Morgan fingerprint density at radius 2 is 1.91 bits per heavy atom. The number of nitrogens with zero attached hydrogens (tertiary/aromatic N) is 2. The molecule has 0 spiro atoms. The van der Waals surface area contributed by atoms with Crippen LogP contribution in [0.15, 0.2) is 76.3 Å². The molecule has 0 radical (unpaired) electrons. The molecule has 0 aliphatic rings. The van der Waals surface area contributed by atoms with Gasteiger partial charge in [0.15, 0.2) is 11.5 Å². The van der Waals surface area contributed by atoms with Crippen molar-refractivity contribution in [2.24, 2.45) is 5.10 Å². The summed E-state index contributed by atoms with van der Waals surface area (Å²) in [6.07, 6.45) is 1.44. The summed E-state index contributed by atoms with van der Waals surface area (Å²) < 4.78 is 18.9. The topological polar surface area (TPSA) is 83.8 Å². The lowest BCUT2D eigenvalue weighted by molar-refractivity contribution is 0.0956. The molecule has 0 bridgehead atoms. The zero-order chi connectivity index (χ0) is 22.7. The zero-order valence-electron chi connectivity index (χ0n) is 16.8. The number of methoxy groups -OCH3 is 1. The third-order valence-electron chi connectivity index (χ3n) is 4.75. The Hall–Kier alpha value is -3.78. The molecule has 8 heteroatoms. The zero-order valence-corrected chi connectivity index (χ0v) is 18.4. The van der Waals surface area contributed by atoms with Gasteiger partial charge in [0, 0.05) is 10.9 Å². The van der Waals surface area contributed by atoms with Gasteiger partial charge in [-0.3, -0.25) is 4.79 Å². The third kappa shape index (κ3) is 4.45. The molecule has 4 aromatic rings. The van der Waals surface area contributed by atoms with Crippen LogP contribution in [0.4, 0.5) is 4.39 Å². The number of carbonyl (C=O) groups is 1. The molecule has 0 saturated carbocycles. The predicted octanol–water partition coefficient (Wildman–Crippen LogP) is 5.28. The Morgan fingerprint density at radius 1 is 1.16 bits per heavy atom. The quantitative estimate of drug-likeness (QED) is 0.292. The van der Waals surface area contributed by atoms with Gasteiger partial charge in [0.05, 0.1) is 34.6 Å². The lowest BCUT2D eigenvalue weighted by Crippen LogP contribution is -2.18. The predicted molar refractivity (Wildman–Crippen MR) is 125 cm³/mol. The van der Waals surface area contributed by atoms with E-state index in [2.05, 4.69) is 31.4 Å². The van der Waals surface area contributed by atoms with Crippen LogP contribution >= 0.6 is 15.9 Å². The summed E-state index contributed by atoms with van der Waals surface area (Å²) in [6, 6.07) is 18.1. The van der Waals surface area contributed by atoms with Crippen molar-refractivity contribution in [3.05, 3.63) is 88.1 Å². The maximum atomic E-state index is 13.3. The first-order chi connectivity index (χ1) is 15.5. The number of hydrazone groups is 1. The number of amides is 1. The largest absolute Gasteiger partial charge is 0.503 e. The highest BCUT2D eigenvalue weighted by molar-refractivity contribution is 9.10. The monoisotopic (exact) mass is 493 g/mol. The van der Waals surface area contributed by atoms with Crippen LogP contribution in [0.25, 0.3) is 22.2 Å². The van der Waals surface area contributed by atoms with Crippen molar-refractivity contribution in [2.45, 2.75) is 0 Å². The van der Waals surface area contributed by atoms with Crippen molar-refractivity contribution < 1.29 is 19.0 Å². The molecule has 0 aliphatic heterocycles. The van der Waals surface area contributed by atoms with E-state index in [9.17, 15) is 14.3 Å². The standard InChI is InChI=1S/C24H17BrFN3O3/c1-32-22-11-14(10-19(25)23(22)30)13-27-29-24(31)18-12-21(15-6-8-16(26)9-7-15)28-20-5-3-2-4-17(18)20/h2-13,30H,1H3,(H,29,31). The number of hydrogen-bond donors (Lipinski definition) is 2. The average Bonchev–Trinajstić information content (AvgIpc) is 2.80. The van der Waals surface area contributed by atoms with Crippen molar-refractivity contribution in [1.82, 2.24) is 10.4 Å². The van der Waals surface area contributed by atoms with E-state index in [4.69, 9.17) is 4.74 Å². The number of rotatable bonds is 5. The van der Waals surface area contributed by atoms with Gasteiger partial charge in [0.1, 0.15) is 5.82 Å². The number of hydrogen-bond acceptors (Lipinski definition) is 5. The number of aromatic nitrogens is 1. The number of carbonyl (C=O) groups excluding carboxylic acids is 1. The molecule has 6 nitrogen and oxygen atoms in total. The van der Waals surface area contributed by atoms with Crippen LogP contribution in [0.5, 0.6) is 11.5 Å². The number of phenolic OH excluding ortho intramolecular Hbond substituents is 1. The van der Waals surface area contributed by atoms with Gasteiger partial charge in [-0.25, -0.2) is 14.8 Å². The van der Waals surface area contributed by atoms with Crippen LogP contribution in [-0.4, -0.2) is 29.3 Å². The van der Waals surface area contributed by atoms with E-state index in [-0.39, 0.29) is 17.3 Å². The molecule has 3 aromatic carbocycles. The number of pyridine rings is 1. The summed E-state index contributed by atoms with van der Waals surface area (Å²) in [4.78, 5) is 17.5. The molecule has 32 heavy (non-hydrogen) atoms. The van der Waals surface area contributed by atoms with Crippen molar-refractivity contribution in [3.63, 3.8) is 0 Å². The summed E-state index contributed by atoms with van der Waals surface area (Å²) in [6.45, 7) is 0. The number of aromatic hydroxyl groups is 1. The molecule has 0 atom stereocenters. The Kier molecular flexibility index (Phi) is 6.13. The number of ether oxygens (including phenoxy) is 1. The van der Waals surface area contributed by atoms with E-state index in [1.165, 1.54) is 25.5 Å². The number of nitrogens with one attached hydrogen (secondary N) is 1. The SMILES string of the molecule is COc1cc(C=NNC(=O)c2cc(-c3ccc(F)cc3)nc3ccccc23)cc(Br)c1O. The van der Waals surface area contributed by atoms with E-state index in [1.807, 2.05) is 18.2 Å². The fourth-order valence-electron chi connectivity index (χ4n) is 3.18. The fourth-order valence-corrected chi connectivity index (χ4v) is 3.64. The normalized spacial score (nSPS) is 11.1. The minimum Gasteiger partial charge on any atom is -0.503 e. The van der Waals surface area contributed by atoms with Gasteiger partial charge in [-0.15, -0.1) is 0 Å². The third-order valence-corrected chi connectivity index (χ3v) is 5.36. The van der Waals surface area contributed by atoms with Crippen LogP contribution < -0.4 is 10.2 Å². The molecule has 2 N–H and O–H groups in total. The van der Waals surface area contributed by atoms with Crippen molar-refractivity contribution in [1.29, 1.82) is 0 Å². The van der Waals surface area contributed by atoms with Crippen LogP contribution in [-0.2, 0) is 0 Å². The average molecular weight is 494 g/mol. The highest BCUT2D eigenvalue weighted by Gasteiger charge is 2.14. The van der Waals surface area contributed by atoms with Crippen molar-refractivity contribution in [2.75, 3.05) is 7.11 Å². The minimum absolute atomic E-state index is 0.0229. The summed E-state index contributed by atoms with van der Waals surface area (Å²) in [5, 5.41) is 14.6. The molecular weight excluding hydrogens is 477 g/mol. The number of phenols is 1. The smallest absolute Gasteiger partial charge is 0.272 e. The van der Waals surface area contributed by atoms with Gasteiger partial charge in [-0.2, -0.15) is 5.10 Å². The van der Waals surface area contributed by atoms with E-state index in [1.54, 1.807) is 36.4 Å². The number of halogens is 2. The second-order valence-corrected chi connectivity index (χ2v) is 7.69. The van der Waals surface area contributed by atoms with Gasteiger partial charge in [0.2, 0.25) is 0 Å². The second kappa shape index (κ2) is 9.15. The van der Waals surface area contributed by atoms with Gasteiger partial charge in [-0.1, -0.05) is 18.2 Å². The van der Waals surface area contributed by atoms with E-state index in [0.29, 0.717) is 37.8 Å². The lowest BCUT2D eigenvalue weighted by atomic mass is 10.0. The molecule has 1 aromatic heterocycles. The van der Waals surface area contributed by atoms with E-state index in [0.717, 1.165) is 0 Å². The first-order valence-corrected chi connectivity index (χ1v) is 10.3.